The highest BCUT2D eigenvalue weighted by molar-refractivity contribution is 7.88. The van der Waals surface area contributed by atoms with Crippen molar-refractivity contribution in [2.75, 3.05) is 13.4 Å². The number of nitrogens with zero attached hydrogens (tertiary/aromatic N) is 1. The van der Waals surface area contributed by atoms with Crippen LogP contribution in [0.5, 0.6) is 5.75 Å². The van der Waals surface area contributed by atoms with Gasteiger partial charge in [-0.2, -0.15) is 0 Å². The Labute approximate surface area is 106 Å². The van der Waals surface area contributed by atoms with Crippen molar-refractivity contribution in [2.45, 2.75) is 6.54 Å². The van der Waals surface area contributed by atoms with Gasteiger partial charge in [0.1, 0.15) is 5.75 Å². The largest absolute Gasteiger partial charge is 0.497 e. The molecule has 0 aliphatic carbocycles. The number of ether oxygens (including phenoxy) is 1. The highest BCUT2D eigenvalue weighted by Crippen LogP contribution is 2.25. The molecule has 2 aromatic rings. The van der Waals surface area contributed by atoms with E-state index >= 15 is 0 Å². The lowest BCUT2D eigenvalue weighted by Gasteiger charge is -2.03. The van der Waals surface area contributed by atoms with E-state index in [1.165, 1.54) is 0 Å². The Morgan fingerprint density at radius 3 is 2.72 bits per heavy atom. The highest BCUT2D eigenvalue weighted by Gasteiger charge is 2.09. The lowest BCUT2D eigenvalue weighted by Crippen LogP contribution is -2.21. The summed E-state index contributed by atoms with van der Waals surface area (Å²) in [7, 11) is 0.351. The molecular weight excluding hydrogens is 252 g/mol. The maximum atomic E-state index is 11.1. The maximum absolute atomic E-state index is 11.1. The molecule has 6 heteroatoms. The first-order valence-corrected chi connectivity index (χ1v) is 7.36. The molecule has 98 valence electrons. The Morgan fingerprint density at radius 2 is 2.11 bits per heavy atom. The summed E-state index contributed by atoms with van der Waals surface area (Å²) in [6.07, 6.45) is 3.07. The topological polar surface area (TPSA) is 60.3 Å². The molecule has 0 spiro atoms. The molecule has 1 aromatic heterocycles. The van der Waals surface area contributed by atoms with E-state index in [2.05, 4.69) is 4.72 Å². The van der Waals surface area contributed by atoms with Crippen molar-refractivity contribution in [3.63, 3.8) is 0 Å². The van der Waals surface area contributed by atoms with E-state index in [4.69, 9.17) is 4.74 Å². The van der Waals surface area contributed by atoms with E-state index < -0.39 is 10.0 Å². The van der Waals surface area contributed by atoms with E-state index in [-0.39, 0.29) is 6.54 Å². The van der Waals surface area contributed by atoms with Gasteiger partial charge in [-0.3, -0.25) is 0 Å². The van der Waals surface area contributed by atoms with Crippen LogP contribution in [0.15, 0.2) is 24.4 Å². The second kappa shape index (κ2) is 4.62. The van der Waals surface area contributed by atoms with Gasteiger partial charge >= 0.3 is 0 Å². The first kappa shape index (κ1) is 12.9. The second-order valence-electron chi connectivity index (χ2n) is 4.24. The van der Waals surface area contributed by atoms with Crippen molar-refractivity contribution < 1.29 is 13.2 Å². The van der Waals surface area contributed by atoms with Crippen LogP contribution in [0.3, 0.4) is 0 Å². The van der Waals surface area contributed by atoms with Gasteiger partial charge in [0.2, 0.25) is 10.0 Å². The number of methoxy groups -OCH3 is 1. The van der Waals surface area contributed by atoms with Crippen LogP contribution in [0.4, 0.5) is 0 Å². The van der Waals surface area contributed by atoms with Crippen LogP contribution in [-0.2, 0) is 23.6 Å². The minimum absolute atomic E-state index is 0.281. The van der Waals surface area contributed by atoms with E-state index in [0.717, 1.165) is 28.5 Å². The van der Waals surface area contributed by atoms with Gasteiger partial charge in [0.25, 0.3) is 0 Å². The van der Waals surface area contributed by atoms with Crippen LogP contribution < -0.4 is 9.46 Å². The Hall–Kier alpha value is -1.53. The van der Waals surface area contributed by atoms with Crippen molar-refractivity contribution in [2.24, 2.45) is 7.05 Å². The summed E-state index contributed by atoms with van der Waals surface area (Å²) in [5, 5.41) is 0.994. The molecule has 18 heavy (non-hydrogen) atoms. The van der Waals surface area contributed by atoms with E-state index in [9.17, 15) is 8.42 Å². The summed E-state index contributed by atoms with van der Waals surface area (Å²) in [6, 6.07) is 5.75. The summed E-state index contributed by atoms with van der Waals surface area (Å²) in [6.45, 7) is 0.281. The SMILES string of the molecule is COc1ccc2c(c1)c(CNS(C)(=O)=O)cn2C. The Morgan fingerprint density at radius 1 is 1.39 bits per heavy atom. The first-order valence-electron chi connectivity index (χ1n) is 5.47. The monoisotopic (exact) mass is 268 g/mol. The van der Waals surface area contributed by atoms with Crippen molar-refractivity contribution >= 4 is 20.9 Å². The molecule has 0 fully saturated rings. The Balaban J connectivity index is 2.43. The van der Waals surface area contributed by atoms with Crippen LogP contribution in [0.1, 0.15) is 5.56 Å². The average molecular weight is 268 g/mol. The predicted octanol–water partition coefficient (Wildman–Crippen LogP) is 1.24. The van der Waals surface area contributed by atoms with Crippen LogP contribution in [0, 0.1) is 0 Å². The van der Waals surface area contributed by atoms with Crippen molar-refractivity contribution in [3.05, 3.63) is 30.0 Å². The van der Waals surface area contributed by atoms with Gasteiger partial charge in [-0.25, -0.2) is 13.1 Å². The predicted molar refractivity (Wildman–Crippen MR) is 71.2 cm³/mol. The molecule has 1 aromatic carbocycles. The fourth-order valence-corrected chi connectivity index (χ4v) is 2.35. The van der Waals surface area contributed by atoms with Crippen LogP contribution in [0.25, 0.3) is 10.9 Å². The summed E-state index contributed by atoms with van der Waals surface area (Å²) >= 11 is 0. The Bertz CT molecular complexity index is 674. The second-order valence-corrected chi connectivity index (χ2v) is 6.07. The standard InChI is InChI=1S/C12H16N2O3S/c1-14-8-9(7-13-18(3,15)16)11-6-10(17-2)4-5-12(11)14/h4-6,8,13H,7H2,1-3H3. The number of rotatable bonds is 4. The van der Waals surface area contributed by atoms with Crippen molar-refractivity contribution in [1.82, 2.24) is 9.29 Å². The highest BCUT2D eigenvalue weighted by atomic mass is 32.2. The van der Waals surface area contributed by atoms with Crippen LogP contribution in [-0.4, -0.2) is 26.4 Å². The van der Waals surface area contributed by atoms with Crippen molar-refractivity contribution in [3.8, 4) is 5.75 Å². The van der Waals surface area contributed by atoms with Gasteiger partial charge in [0, 0.05) is 30.7 Å². The van der Waals surface area contributed by atoms with Crippen LogP contribution in [0.2, 0.25) is 0 Å². The van der Waals surface area contributed by atoms with Gasteiger partial charge in [0.05, 0.1) is 13.4 Å². The molecule has 0 aliphatic heterocycles. The molecule has 1 N–H and O–H groups in total. The zero-order valence-electron chi connectivity index (χ0n) is 10.6. The van der Waals surface area contributed by atoms with Gasteiger partial charge in [-0.15, -0.1) is 0 Å². The molecule has 0 bridgehead atoms. The number of hydrogen-bond donors (Lipinski definition) is 1. The zero-order valence-corrected chi connectivity index (χ0v) is 11.4. The molecule has 0 atom stereocenters. The third-order valence-electron chi connectivity index (χ3n) is 2.80. The maximum Gasteiger partial charge on any atom is 0.209 e. The normalized spacial score (nSPS) is 11.9. The fourth-order valence-electron chi connectivity index (χ4n) is 1.93. The summed E-state index contributed by atoms with van der Waals surface area (Å²) in [4.78, 5) is 0. The molecule has 1 heterocycles. The molecule has 0 saturated heterocycles. The minimum atomic E-state index is -3.19. The summed E-state index contributed by atoms with van der Waals surface area (Å²) in [5.74, 6) is 0.759. The third kappa shape index (κ3) is 2.65. The van der Waals surface area contributed by atoms with Gasteiger partial charge in [0.15, 0.2) is 0 Å². The molecule has 0 radical (unpaired) electrons. The lowest BCUT2D eigenvalue weighted by atomic mass is 10.1. The number of fused-ring (bicyclic) bond motifs is 1. The average Bonchev–Trinajstić information content (AvgIpc) is 2.62. The lowest BCUT2D eigenvalue weighted by molar-refractivity contribution is 0.415. The number of hydrogen-bond acceptors (Lipinski definition) is 3. The number of benzene rings is 1. The Kier molecular flexibility index (Phi) is 3.32. The quantitative estimate of drug-likeness (QED) is 0.907. The molecule has 0 amide bonds. The summed E-state index contributed by atoms with van der Waals surface area (Å²) < 4.78 is 31.9. The number of aromatic nitrogens is 1. The molecule has 2 rings (SSSR count). The van der Waals surface area contributed by atoms with Crippen LogP contribution >= 0.6 is 0 Å². The van der Waals surface area contributed by atoms with Gasteiger partial charge < -0.3 is 9.30 Å². The van der Waals surface area contributed by atoms with E-state index in [1.54, 1.807) is 7.11 Å². The molecule has 5 nitrogen and oxygen atoms in total. The van der Waals surface area contributed by atoms with Gasteiger partial charge in [-0.1, -0.05) is 0 Å². The number of sulfonamides is 1. The molecule has 0 aliphatic rings. The van der Waals surface area contributed by atoms with Gasteiger partial charge in [-0.05, 0) is 23.8 Å². The third-order valence-corrected chi connectivity index (χ3v) is 3.47. The molecule has 0 unspecified atom stereocenters. The fraction of sp³-hybridized carbons (Fsp3) is 0.333. The smallest absolute Gasteiger partial charge is 0.209 e. The first-order chi connectivity index (χ1) is 8.40. The van der Waals surface area contributed by atoms with E-state index in [0.29, 0.717) is 0 Å². The number of nitrogens with one attached hydrogen (secondary N) is 1. The molecule has 0 saturated carbocycles. The minimum Gasteiger partial charge on any atom is -0.497 e. The van der Waals surface area contributed by atoms with Crippen molar-refractivity contribution in [1.29, 1.82) is 0 Å². The molecular formula is C12H16N2O3S. The summed E-state index contributed by atoms with van der Waals surface area (Å²) in [5.41, 5.74) is 1.97. The zero-order chi connectivity index (χ0) is 13.3. The van der Waals surface area contributed by atoms with E-state index in [1.807, 2.05) is 36.0 Å². The number of aryl methyl sites for hydroxylation is 1.